The molecule has 0 aliphatic carbocycles. The number of benzene rings is 2. The summed E-state index contributed by atoms with van der Waals surface area (Å²) in [6, 6.07) is 13.0. The summed E-state index contributed by atoms with van der Waals surface area (Å²) in [7, 11) is 2.81. The first-order chi connectivity index (χ1) is 17.8. The number of anilines is 1. The number of allylic oxidation sites excluding steroid dienone is 1. The predicted molar refractivity (Wildman–Crippen MR) is 136 cm³/mol. The molecule has 10 nitrogen and oxygen atoms in total. The van der Waals surface area contributed by atoms with Crippen molar-refractivity contribution in [1.82, 2.24) is 4.57 Å². The number of methoxy groups -OCH3 is 2. The molecule has 11 heteroatoms. The molecule has 5 rings (SSSR count). The lowest BCUT2D eigenvalue weighted by Gasteiger charge is -2.24. The Morgan fingerprint density at radius 2 is 1.78 bits per heavy atom. The lowest BCUT2D eigenvalue weighted by atomic mass is 9.96. The zero-order valence-electron chi connectivity index (χ0n) is 20.2. The smallest absolute Gasteiger partial charge is 0.338 e. The molecule has 0 bridgehead atoms. The van der Waals surface area contributed by atoms with Gasteiger partial charge in [-0.3, -0.25) is 23.9 Å². The normalized spacial score (nSPS) is 17.8. The molecule has 1 aromatic heterocycles. The van der Waals surface area contributed by atoms with E-state index in [0.717, 1.165) is 11.3 Å². The summed E-state index contributed by atoms with van der Waals surface area (Å²) in [6.45, 7) is 1.35. The molecule has 2 amide bonds. The number of primary amides is 1. The molecule has 37 heavy (non-hydrogen) atoms. The van der Waals surface area contributed by atoms with Gasteiger partial charge >= 0.3 is 5.97 Å². The fourth-order valence-electron chi connectivity index (χ4n) is 4.66. The van der Waals surface area contributed by atoms with Crippen molar-refractivity contribution in [2.45, 2.75) is 13.0 Å². The van der Waals surface area contributed by atoms with Crippen molar-refractivity contribution in [2.24, 2.45) is 10.7 Å². The minimum Gasteiger partial charge on any atom is -0.497 e. The number of carbonyl (C=O) groups is 3. The van der Waals surface area contributed by atoms with Gasteiger partial charge in [0.15, 0.2) is 4.80 Å². The SMILES string of the molecule is COC(=O)C1=C(C)N=c2s/c(=C3\C(=O)N(CC(N)=O)c4ccccc43)c(=O)n2[C@H]1c1ccc(OC)cc1. The van der Waals surface area contributed by atoms with Gasteiger partial charge in [-0.1, -0.05) is 41.7 Å². The van der Waals surface area contributed by atoms with E-state index in [0.29, 0.717) is 33.1 Å². The number of carbonyl (C=O) groups excluding carboxylic acids is 3. The van der Waals surface area contributed by atoms with E-state index in [-0.39, 0.29) is 22.2 Å². The first kappa shape index (κ1) is 24.2. The number of aromatic nitrogens is 1. The van der Waals surface area contributed by atoms with E-state index in [1.54, 1.807) is 62.6 Å². The van der Waals surface area contributed by atoms with Crippen LogP contribution < -0.4 is 30.3 Å². The Hall–Kier alpha value is -4.51. The molecule has 2 aromatic carbocycles. The molecule has 3 heterocycles. The van der Waals surface area contributed by atoms with Gasteiger partial charge in [-0.2, -0.15) is 0 Å². The van der Waals surface area contributed by atoms with Crippen LogP contribution in [0.4, 0.5) is 5.69 Å². The first-order valence-electron chi connectivity index (χ1n) is 11.2. The minimum atomic E-state index is -0.836. The molecule has 0 unspecified atom stereocenters. The number of nitrogens with zero attached hydrogens (tertiary/aromatic N) is 3. The van der Waals surface area contributed by atoms with Crippen LogP contribution in [0.3, 0.4) is 0 Å². The number of esters is 1. The molecule has 0 saturated carbocycles. The van der Waals surface area contributed by atoms with Gasteiger partial charge in [0.25, 0.3) is 11.5 Å². The van der Waals surface area contributed by atoms with E-state index in [1.807, 2.05) is 0 Å². The Labute approximate surface area is 214 Å². The van der Waals surface area contributed by atoms with Crippen molar-refractivity contribution < 1.29 is 23.9 Å². The molecular weight excluding hydrogens is 496 g/mol. The number of thiazole rings is 1. The lowest BCUT2D eigenvalue weighted by Crippen LogP contribution is -2.41. The summed E-state index contributed by atoms with van der Waals surface area (Å²) in [6.07, 6.45) is 0. The second-order valence-electron chi connectivity index (χ2n) is 8.42. The Bertz CT molecular complexity index is 1680. The highest BCUT2D eigenvalue weighted by molar-refractivity contribution is 7.07. The Morgan fingerprint density at radius 3 is 2.43 bits per heavy atom. The number of hydrogen-bond donors (Lipinski definition) is 1. The standard InChI is InChI=1S/C26H22N4O6S/c1-13-19(25(34)36-3)21(14-8-10-15(35-2)11-9-14)30-24(33)22(37-26(30)28-13)20-16-6-4-5-7-17(16)29(23(20)32)12-18(27)31/h4-11,21H,12H2,1-3H3,(H2,27,31)/b22-20-/t21-/m0/s1. The van der Waals surface area contributed by atoms with Gasteiger partial charge in [0.1, 0.15) is 16.8 Å². The van der Waals surface area contributed by atoms with Gasteiger partial charge in [0, 0.05) is 5.56 Å². The Morgan fingerprint density at radius 1 is 1.08 bits per heavy atom. The number of hydrogen-bond acceptors (Lipinski definition) is 8. The van der Waals surface area contributed by atoms with E-state index in [1.165, 1.54) is 16.6 Å². The van der Waals surface area contributed by atoms with Gasteiger partial charge in [0.2, 0.25) is 5.91 Å². The highest BCUT2D eigenvalue weighted by Crippen LogP contribution is 2.35. The maximum absolute atomic E-state index is 14.0. The van der Waals surface area contributed by atoms with Crippen molar-refractivity contribution in [3.8, 4) is 5.75 Å². The van der Waals surface area contributed by atoms with Crippen LogP contribution >= 0.6 is 11.3 Å². The third kappa shape index (κ3) is 3.84. The minimum absolute atomic E-state index is 0.153. The lowest BCUT2D eigenvalue weighted by molar-refractivity contribution is -0.136. The van der Waals surface area contributed by atoms with Crippen LogP contribution in [0, 0.1) is 0 Å². The summed E-state index contributed by atoms with van der Waals surface area (Å²) in [5.74, 6) is -1.18. The zero-order chi connectivity index (χ0) is 26.4. The topological polar surface area (TPSA) is 133 Å². The van der Waals surface area contributed by atoms with E-state index >= 15 is 0 Å². The average molecular weight is 519 g/mol. The van der Waals surface area contributed by atoms with Crippen LogP contribution in [-0.4, -0.2) is 43.1 Å². The number of nitrogens with two attached hydrogens (primary N) is 1. The molecule has 0 saturated heterocycles. The number of rotatable bonds is 5. The quantitative estimate of drug-likeness (QED) is 0.493. The highest BCUT2D eigenvalue weighted by atomic mass is 32.1. The second kappa shape index (κ2) is 9.17. The summed E-state index contributed by atoms with van der Waals surface area (Å²) < 4.78 is 11.8. The molecule has 2 aliphatic rings. The maximum Gasteiger partial charge on any atom is 0.338 e. The summed E-state index contributed by atoms with van der Waals surface area (Å²) in [5, 5.41) is 0. The number of para-hydroxylation sites is 1. The van der Waals surface area contributed by atoms with Crippen LogP contribution in [0.25, 0.3) is 5.57 Å². The van der Waals surface area contributed by atoms with Crippen molar-refractivity contribution in [3.05, 3.63) is 90.6 Å². The van der Waals surface area contributed by atoms with E-state index < -0.39 is 29.4 Å². The van der Waals surface area contributed by atoms with Crippen molar-refractivity contribution in [3.63, 3.8) is 0 Å². The summed E-state index contributed by atoms with van der Waals surface area (Å²) in [4.78, 5) is 58.1. The van der Waals surface area contributed by atoms with Gasteiger partial charge in [0.05, 0.1) is 42.8 Å². The van der Waals surface area contributed by atoms with E-state index in [9.17, 15) is 19.2 Å². The molecule has 2 N–H and O–H groups in total. The number of amides is 2. The molecule has 188 valence electrons. The molecule has 0 spiro atoms. The zero-order valence-corrected chi connectivity index (χ0v) is 21.0. The van der Waals surface area contributed by atoms with E-state index in [4.69, 9.17) is 15.2 Å². The van der Waals surface area contributed by atoms with E-state index in [2.05, 4.69) is 4.99 Å². The maximum atomic E-state index is 14.0. The third-order valence-corrected chi connectivity index (χ3v) is 7.35. The number of ether oxygens (including phenoxy) is 2. The number of fused-ring (bicyclic) bond motifs is 2. The molecule has 0 fully saturated rings. The van der Waals surface area contributed by atoms with Crippen LogP contribution in [0.15, 0.2) is 69.6 Å². The summed E-state index contributed by atoms with van der Waals surface area (Å²) in [5.41, 5.74) is 7.32. The van der Waals surface area contributed by atoms with Crippen LogP contribution in [0.5, 0.6) is 5.75 Å². The molecule has 3 aromatic rings. The largest absolute Gasteiger partial charge is 0.497 e. The van der Waals surface area contributed by atoms with Gasteiger partial charge in [-0.15, -0.1) is 0 Å². The Balaban J connectivity index is 1.80. The van der Waals surface area contributed by atoms with Gasteiger partial charge < -0.3 is 15.2 Å². The molecular formula is C26H22N4O6S. The van der Waals surface area contributed by atoms with Crippen LogP contribution in [-0.2, 0) is 19.1 Å². The monoisotopic (exact) mass is 518 g/mol. The van der Waals surface area contributed by atoms with Crippen LogP contribution in [0.1, 0.15) is 24.1 Å². The van der Waals surface area contributed by atoms with Crippen molar-refractivity contribution in [1.29, 1.82) is 0 Å². The first-order valence-corrected chi connectivity index (χ1v) is 12.1. The fourth-order valence-corrected chi connectivity index (χ4v) is 5.79. The average Bonchev–Trinajstić information content (AvgIpc) is 3.35. The van der Waals surface area contributed by atoms with Gasteiger partial charge in [-0.25, -0.2) is 9.79 Å². The van der Waals surface area contributed by atoms with Crippen molar-refractivity contribution in [2.75, 3.05) is 25.7 Å². The third-order valence-electron chi connectivity index (χ3n) is 6.30. The Kier molecular flexibility index (Phi) is 6.00. The van der Waals surface area contributed by atoms with Crippen molar-refractivity contribution >= 4 is 40.4 Å². The predicted octanol–water partition coefficient (Wildman–Crippen LogP) is 0.619. The fraction of sp³-hybridized carbons (Fsp3) is 0.192. The van der Waals surface area contributed by atoms with Gasteiger partial charge in [-0.05, 0) is 30.7 Å². The molecule has 0 radical (unpaired) electrons. The highest BCUT2D eigenvalue weighted by Gasteiger charge is 2.37. The van der Waals surface area contributed by atoms with Crippen LogP contribution in [0.2, 0.25) is 0 Å². The molecule has 2 aliphatic heterocycles. The summed E-state index contributed by atoms with van der Waals surface area (Å²) >= 11 is 1.05. The molecule has 1 atom stereocenters. The second-order valence-corrected chi connectivity index (χ2v) is 9.39.